The molecule has 1 aromatic rings. The van der Waals surface area contributed by atoms with Gasteiger partial charge in [0.15, 0.2) is 5.96 Å². The molecule has 5 nitrogen and oxygen atoms in total. The molecule has 0 radical (unpaired) electrons. The van der Waals surface area contributed by atoms with Crippen molar-refractivity contribution in [3.05, 3.63) is 16.1 Å². The molecule has 0 bridgehead atoms. The lowest BCUT2D eigenvalue weighted by atomic mass is 10.0. The minimum atomic E-state index is 0.294. The summed E-state index contributed by atoms with van der Waals surface area (Å²) >= 11 is 1.70. The number of aryl methyl sites for hydroxylation is 1. The van der Waals surface area contributed by atoms with E-state index < -0.39 is 0 Å². The normalized spacial score (nSPS) is 13.5. The summed E-state index contributed by atoms with van der Waals surface area (Å²) in [4.78, 5) is 9.79. The zero-order valence-corrected chi connectivity index (χ0v) is 14.6. The third kappa shape index (κ3) is 6.91. The molecule has 1 atom stereocenters. The summed E-state index contributed by atoms with van der Waals surface area (Å²) in [5.41, 5.74) is 0. The number of nitrogens with zero attached hydrogens (tertiary/aromatic N) is 2. The maximum atomic E-state index is 5.74. The highest BCUT2D eigenvalue weighted by molar-refractivity contribution is 7.11. The fourth-order valence-electron chi connectivity index (χ4n) is 2.02. The van der Waals surface area contributed by atoms with Gasteiger partial charge in [-0.2, -0.15) is 0 Å². The number of ether oxygens (including phenoxy) is 1. The molecule has 0 amide bonds. The first-order valence-corrected chi connectivity index (χ1v) is 8.35. The zero-order chi connectivity index (χ0) is 15.7. The summed E-state index contributed by atoms with van der Waals surface area (Å²) in [6, 6.07) is 0. The first-order chi connectivity index (χ1) is 10.1. The molecule has 0 fully saturated rings. The molecule has 1 rings (SSSR count). The number of rotatable bonds is 8. The van der Waals surface area contributed by atoms with Crippen LogP contribution in [0, 0.1) is 12.8 Å². The molecule has 120 valence electrons. The van der Waals surface area contributed by atoms with Crippen molar-refractivity contribution in [1.82, 2.24) is 15.6 Å². The van der Waals surface area contributed by atoms with Gasteiger partial charge in [-0.25, -0.2) is 4.98 Å². The van der Waals surface area contributed by atoms with Gasteiger partial charge < -0.3 is 15.4 Å². The van der Waals surface area contributed by atoms with Crippen LogP contribution in [0.15, 0.2) is 11.2 Å². The molecule has 0 aliphatic heterocycles. The first kappa shape index (κ1) is 17.9. The summed E-state index contributed by atoms with van der Waals surface area (Å²) in [6.45, 7) is 10.8. The van der Waals surface area contributed by atoms with Gasteiger partial charge in [-0.15, -0.1) is 11.3 Å². The van der Waals surface area contributed by atoms with Crippen LogP contribution in [-0.2, 0) is 11.3 Å². The van der Waals surface area contributed by atoms with Crippen LogP contribution in [0.1, 0.15) is 37.1 Å². The van der Waals surface area contributed by atoms with Crippen LogP contribution in [0.25, 0.3) is 0 Å². The van der Waals surface area contributed by atoms with Gasteiger partial charge in [0.1, 0.15) is 5.01 Å². The van der Waals surface area contributed by atoms with Gasteiger partial charge in [0.2, 0.25) is 0 Å². The van der Waals surface area contributed by atoms with Crippen LogP contribution >= 0.6 is 11.3 Å². The van der Waals surface area contributed by atoms with Crippen molar-refractivity contribution in [2.75, 3.05) is 20.2 Å². The zero-order valence-electron chi connectivity index (χ0n) is 13.8. The second-order valence-corrected chi connectivity index (χ2v) is 6.56. The predicted molar refractivity (Wildman–Crippen MR) is 89.9 cm³/mol. The minimum absolute atomic E-state index is 0.294. The van der Waals surface area contributed by atoms with Crippen LogP contribution in [0.4, 0.5) is 0 Å². The standard InChI is InChI=1S/C15H28N4OS/c1-6-20-13(11(2)3)7-8-17-15(16-5)19-10-14-18-9-12(4)21-14/h9,11,13H,6-8,10H2,1-5H3,(H2,16,17,19). The van der Waals surface area contributed by atoms with E-state index in [1.54, 1.807) is 18.4 Å². The van der Waals surface area contributed by atoms with Crippen LogP contribution < -0.4 is 10.6 Å². The lowest BCUT2D eigenvalue weighted by Gasteiger charge is -2.21. The summed E-state index contributed by atoms with van der Waals surface area (Å²) in [7, 11) is 1.78. The van der Waals surface area contributed by atoms with Crippen LogP contribution in [0.2, 0.25) is 0 Å². The Kier molecular flexibility index (Phi) is 8.30. The highest BCUT2D eigenvalue weighted by atomic mass is 32.1. The van der Waals surface area contributed by atoms with Crippen LogP contribution in [0.5, 0.6) is 0 Å². The van der Waals surface area contributed by atoms with Crippen molar-refractivity contribution in [2.24, 2.45) is 10.9 Å². The van der Waals surface area contributed by atoms with E-state index in [-0.39, 0.29) is 0 Å². The van der Waals surface area contributed by atoms with Crippen molar-refractivity contribution in [1.29, 1.82) is 0 Å². The second kappa shape index (κ2) is 9.73. The second-order valence-electron chi connectivity index (χ2n) is 5.24. The predicted octanol–water partition coefficient (Wildman–Crippen LogP) is 2.57. The highest BCUT2D eigenvalue weighted by Gasteiger charge is 2.13. The smallest absolute Gasteiger partial charge is 0.191 e. The van der Waals surface area contributed by atoms with Crippen LogP contribution in [-0.4, -0.2) is 37.2 Å². The summed E-state index contributed by atoms with van der Waals surface area (Å²) < 4.78 is 5.74. The number of hydrogen-bond acceptors (Lipinski definition) is 4. The van der Waals surface area contributed by atoms with Crippen molar-refractivity contribution < 1.29 is 4.74 Å². The molecular weight excluding hydrogens is 284 g/mol. The first-order valence-electron chi connectivity index (χ1n) is 7.54. The highest BCUT2D eigenvalue weighted by Crippen LogP contribution is 2.11. The van der Waals surface area contributed by atoms with E-state index >= 15 is 0 Å². The van der Waals surface area contributed by atoms with Crippen molar-refractivity contribution in [3.63, 3.8) is 0 Å². The van der Waals surface area contributed by atoms with Crippen molar-refractivity contribution in [2.45, 2.75) is 46.8 Å². The molecule has 0 saturated heterocycles. The monoisotopic (exact) mass is 312 g/mol. The number of aromatic nitrogens is 1. The Morgan fingerprint density at radius 3 is 2.71 bits per heavy atom. The molecule has 0 saturated carbocycles. The van der Waals surface area contributed by atoms with Gasteiger partial charge in [0, 0.05) is 31.3 Å². The number of hydrogen-bond donors (Lipinski definition) is 2. The van der Waals surface area contributed by atoms with Crippen molar-refractivity contribution >= 4 is 17.3 Å². The fraction of sp³-hybridized carbons (Fsp3) is 0.733. The molecule has 6 heteroatoms. The maximum absolute atomic E-state index is 5.74. The Labute approximate surface area is 132 Å². The molecule has 0 aromatic carbocycles. The third-order valence-corrected chi connectivity index (χ3v) is 4.06. The van der Waals surface area contributed by atoms with Gasteiger partial charge in [-0.05, 0) is 26.2 Å². The Balaban J connectivity index is 2.31. The maximum Gasteiger partial charge on any atom is 0.191 e. The molecular formula is C15H28N4OS. The fourth-order valence-corrected chi connectivity index (χ4v) is 2.75. The van der Waals surface area contributed by atoms with E-state index in [0.29, 0.717) is 18.6 Å². The average molecular weight is 312 g/mol. The Bertz CT molecular complexity index is 431. The Morgan fingerprint density at radius 1 is 1.43 bits per heavy atom. The van der Waals surface area contributed by atoms with Gasteiger partial charge in [0.05, 0.1) is 12.6 Å². The Hall–Kier alpha value is -1.14. The summed E-state index contributed by atoms with van der Waals surface area (Å²) in [5, 5.41) is 7.68. The van der Waals surface area contributed by atoms with Gasteiger partial charge in [0.25, 0.3) is 0 Å². The summed E-state index contributed by atoms with van der Waals surface area (Å²) in [6.07, 6.45) is 3.16. The van der Waals surface area contributed by atoms with E-state index in [4.69, 9.17) is 4.74 Å². The largest absolute Gasteiger partial charge is 0.378 e. The molecule has 1 aromatic heterocycles. The van der Waals surface area contributed by atoms with E-state index in [1.807, 2.05) is 13.1 Å². The Morgan fingerprint density at radius 2 is 2.19 bits per heavy atom. The van der Waals surface area contributed by atoms with Crippen molar-refractivity contribution in [3.8, 4) is 0 Å². The third-order valence-electron chi connectivity index (χ3n) is 3.15. The molecule has 0 spiro atoms. The lowest BCUT2D eigenvalue weighted by Crippen LogP contribution is -2.38. The summed E-state index contributed by atoms with van der Waals surface area (Å²) in [5.74, 6) is 1.34. The molecule has 0 aliphatic rings. The topological polar surface area (TPSA) is 58.5 Å². The number of guanidine groups is 1. The number of aliphatic imine (C=N–C) groups is 1. The van der Waals surface area contributed by atoms with E-state index in [9.17, 15) is 0 Å². The molecule has 0 aliphatic carbocycles. The van der Waals surface area contributed by atoms with E-state index in [0.717, 1.165) is 30.5 Å². The van der Waals surface area contributed by atoms with Crippen LogP contribution in [0.3, 0.4) is 0 Å². The molecule has 2 N–H and O–H groups in total. The van der Waals surface area contributed by atoms with Gasteiger partial charge >= 0.3 is 0 Å². The number of nitrogens with one attached hydrogen (secondary N) is 2. The van der Waals surface area contributed by atoms with E-state index in [1.165, 1.54) is 4.88 Å². The van der Waals surface area contributed by atoms with E-state index in [2.05, 4.69) is 41.4 Å². The molecule has 1 unspecified atom stereocenters. The van der Waals surface area contributed by atoms with Gasteiger partial charge in [-0.1, -0.05) is 13.8 Å². The SMILES string of the molecule is CCOC(CCNC(=NC)NCc1ncc(C)s1)C(C)C. The number of thiazole rings is 1. The molecule has 1 heterocycles. The molecule has 21 heavy (non-hydrogen) atoms. The quantitative estimate of drug-likeness (QED) is 0.572. The minimum Gasteiger partial charge on any atom is -0.378 e. The average Bonchev–Trinajstić information content (AvgIpc) is 2.86. The van der Waals surface area contributed by atoms with Gasteiger partial charge in [-0.3, -0.25) is 4.99 Å². The lowest BCUT2D eigenvalue weighted by molar-refractivity contribution is 0.0258.